The first kappa shape index (κ1) is 11.6. The van der Waals surface area contributed by atoms with Gasteiger partial charge < -0.3 is 9.73 Å². The SMILES string of the molecule is CC(C)(C#N)CNC(=O)c1ccc(Cl)o1. The van der Waals surface area contributed by atoms with Crippen LogP contribution < -0.4 is 5.32 Å². The van der Waals surface area contributed by atoms with E-state index < -0.39 is 5.41 Å². The first-order valence-corrected chi connectivity index (χ1v) is 4.77. The molecule has 15 heavy (non-hydrogen) atoms. The zero-order valence-electron chi connectivity index (χ0n) is 8.50. The number of hydrogen-bond donors (Lipinski definition) is 1. The molecular weight excluding hydrogens is 216 g/mol. The van der Waals surface area contributed by atoms with E-state index in [-0.39, 0.29) is 23.4 Å². The van der Waals surface area contributed by atoms with Crippen LogP contribution in [0.3, 0.4) is 0 Å². The number of carbonyl (C=O) groups is 1. The molecule has 0 atom stereocenters. The number of furan rings is 1. The summed E-state index contributed by atoms with van der Waals surface area (Å²) in [4.78, 5) is 11.4. The van der Waals surface area contributed by atoms with Crippen LogP contribution in [0, 0.1) is 16.7 Å². The molecule has 0 aliphatic carbocycles. The zero-order valence-corrected chi connectivity index (χ0v) is 9.26. The molecule has 0 aromatic carbocycles. The summed E-state index contributed by atoms with van der Waals surface area (Å²) in [6.45, 7) is 3.74. The summed E-state index contributed by atoms with van der Waals surface area (Å²) in [6, 6.07) is 5.06. The number of carbonyl (C=O) groups excluding carboxylic acids is 1. The predicted molar refractivity (Wildman–Crippen MR) is 55.4 cm³/mol. The Morgan fingerprint density at radius 2 is 2.33 bits per heavy atom. The summed E-state index contributed by atoms with van der Waals surface area (Å²) in [7, 11) is 0. The van der Waals surface area contributed by atoms with Gasteiger partial charge >= 0.3 is 0 Å². The molecule has 1 aromatic heterocycles. The number of halogens is 1. The van der Waals surface area contributed by atoms with Crippen LogP contribution in [0.5, 0.6) is 0 Å². The molecule has 0 saturated carbocycles. The zero-order chi connectivity index (χ0) is 11.5. The average molecular weight is 227 g/mol. The van der Waals surface area contributed by atoms with Crippen molar-refractivity contribution in [1.82, 2.24) is 5.32 Å². The number of nitrogens with zero attached hydrogens (tertiary/aromatic N) is 1. The molecule has 1 N–H and O–H groups in total. The lowest BCUT2D eigenvalue weighted by atomic mass is 9.96. The van der Waals surface area contributed by atoms with Crippen molar-refractivity contribution in [3.8, 4) is 6.07 Å². The number of nitriles is 1. The Morgan fingerprint density at radius 1 is 1.67 bits per heavy atom. The van der Waals surface area contributed by atoms with Gasteiger partial charge in [-0.05, 0) is 37.6 Å². The third-order valence-electron chi connectivity index (χ3n) is 1.79. The van der Waals surface area contributed by atoms with Gasteiger partial charge in [-0.2, -0.15) is 5.26 Å². The molecule has 1 aromatic rings. The van der Waals surface area contributed by atoms with Crippen LogP contribution in [-0.4, -0.2) is 12.5 Å². The summed E-state index contributed by atoms with van der Waals surface area (Å²) in [5.41, 5.74) is -0.591. The second-order valence-corrected chi connectivity index (χ2v) is 4.15. The van der Waals surface area contributed by atoms with Gasteiger partial charge in [0, 0.05) is 6.54 Å². The van der Waals surface area contributed by atoms with Gasteiger partial charge in [-0.15, -0.1) is 0 Å². The fourth-order valence-electron chi connectivity index (χ4n) is 0.864. The van der Waals surface area contributed by atoms with E-state index in [0.29, 0.717) is 0 Å². The topological polar surface area (TPSA) is 66.0 Å². The van der Waals surface area contributed by atoms with Crippen LogP contribution >= 0.6 is 11.6 Å². The average Bonchev–Trinajstić information content (AvgIpc) is 2.61. The molecule has 0 fully saturated rings. The lowest BCUT2D eigenvalue weighted by Gasteiger charge is -2.14. The van der Waals surface area contributed by atoms with Gasteiger partial charge in [-0.25, -0.2) is 0 Å². The van der Waals surface area contributed by atoms with E-state index in [1.54, 1.807) is 13.8 Å². The molecule has 1 amide bonds. The largest absolute Gasteiger partial charge is 0.440 e. The van der Waals surface area contributed by atoms with Gasteiger partial charge in [-0.3, -0.25) is 4.79 Å². The highest BCUT2D eigenvalue weighted by atomic mass is 35.5. The minimum Gasteiger partial charge on any atom is -0.440 e. The van der Waals surface area contributed by atoms with Crippen molar-refractivity contribution in [2.75, 3.05) is 6.54 Å². The smallest absolute Gasteiger partial charge is 0.287 e. The quantitative estimate of drug-likeness (QED) is 0.859. The molecule has 4 nitrogen and oxygen atoms in total. The third-order valence-corrected chi connectivity index (χ3v) is 1.99. The van der Waals surface area contributed by atoms with Crippen LogP contribution in [0.1, 0.15) is 24.4 Å². The molecule has 5 heteroatoms. The van der Waals surface area contributed by atoms with Crippen molar-refractivity contribution in [3.63, 3.8) is 0 Å². The van der Waals surface area contributed by atoms with Crippen LogP contribution in [0.2, 0.25) is 5.22 Å². The Hall–Kier alpha value is -1.47. The van der Waals surface area contributed by atoms with E-state index >= 15 is 0 Å². The first-order chi connectivity index (χ1) is 6.94. The molecule has 0 saturated heterocycles. The second kappa shape index (κ2) is 4.37. The van der Waals surface area contributed by atoms with E-state index in [9.17, 15) is 4.79 Å². The van der Waals surface area contributed by atoms with Crippen LogP contribution in [0.4, 0.5) is 0 Å². The molecule has 1 heterocycles. The van der Waals surface area contributed by atoms with E-state index in [1.807, 2.05) is 0 Å². The lowest BCUT2D eigenvalue weighted by Crippen LogP contribution is -2.32. The molecule has 0 aliphatic rings. The number of hydrogen-bond acceptors (Lipinski definition) is 3. The molecule has 0 bridgehead atoms. The molecule has 0 spiro atoms. The van der Waals surface area contributed by atoms with Crippen molar-refractivity contribution < 1.29 is 9.21 Å². The van der Waals surface area contributed by atoms with Crippen molar-refractivity contribution in [2.45, 2.75) is 13.8 Å². The third kappa shape index (κ3) is 3.30. The van der Waals surface area contributed by atoms with Gasteiger partial charge in [0.05, 0.1) is 11.5 Å². The normalized spacial score (nSPS) is 10.8. The monoisotopic (exact) mass is 226 g/mol. The molecule has 80 valence electrons. The summed E-state index contributed by atoms with van der Waals surface area (Å²) in [5.74, 6) is -0.223. The Bertz CT molecular complexity index is 404. The van der Waals surface area contributed by atoms with Crippen LogP contribution in [0.15, 0.2) is 16.5 Å². The summed E-state index contributed by atoms with van der Waals surface area (Å²) in [6.07, 6.45) is 0. The molecular formula is C10H11ClN2O2. The number of rotatable bonds is 3. The fraction of sp³-hybridized carbons (Fsp3) is 0.400. The van der Waals surface area contributed by atoms with Gasteiger partial charge in [0.25, 0.3) is 5.91 Å². The maximum atomic E-state index is 11.4. The van der Waals surface area contributed by atoms with E-state index in [2.05, 4.69) is 11.4 Å². The van der Waals surface area contributed by atoms with Crippen molar-refractivity contribution in [1.29, 1.82) is 5.26 Å². The van der Waals surface area contributed by atoms with Crippen molar-refractivity contribution in [2.24, 2.45) is 5.41 Å². The van der Waals surface area contributed by atoms with Gasteiger partial charge in [0.1, 0.15) is 0 Å². The Kier molecular flexibility index (Phi) is 3.38. The highest BCUT2D eigenvalue weighted by Gasteiger charge is 2.19. The van der Waals surface area contributed by atoms with E-state index in [4.69, 9.17) is 21.3 Å². The second-order valence-electron chi connectivity index (χ2n) is 3.78. The summed E-state index contributed by atoms with van der Waals surface area (Å²) >= 11 is 5.52. The minimum absolute atomic E-state index is 0.147. The van der Waals surface area contributed by atoms with Crippen LogP contribution in [0.25, 0.3) is 0 Å². The molecule has 0 radical (unpaired) electrons. The molecule has 1 rings (SSSR count). The van der Waals surface area contributed by atoms with Crippen molar-refractivity contribution >= 4 is 17.5 Å². The Labute approximate surface area is 92.8 Å². The highest BCUT2D eigenvalue weighted by molar-refractivity contribution is 6.29. The van der Waals surface area contributed by atoms with Crippen molar-refractivity contribution in [3.05, 3.63) is 23.1 Å². The maximum Gasteiger partial charge on any atom is 0.287 e. The first-order valence-electron chi connectivity index (χ1n) is 4.39. The highest BCUT2D eigenvalue weighted by Crippen LogP contribution is 2.14. The standard InChI is InChI=1S/C10H11ClN2O2/c1-10(2,5-12)6-13-9(14)7-3-4-8(11)15-7/h3-4H,6H2,1-2H3,(H,13,14). The lowest BCUT2D eigenvalue weighted by molar-refractivity contribution is 0.0916. The van der Waals surface area contributed by atoms with Gasteiger partial charge in [-0.1, -0.05) is 0 Å². The number of nitrogens with one attached hydrogen (secondary N) is 1. The van der Waals surface area contributed by atoms with E-state index in [1.165, 1.54) is 12.1 Å². The van der Waals surface area contributed by atoms with Gasteiger partial charge in [0.2, 0.25) is 0 Å². The fourth-order valence-corrected chi connectivity index (χ4v) is 1.01. The predicted octanol–water partition coefficient (Wildman–Crippen LogP) is 2.21. The Morgan fingerprint density at radius 3 is 2.80 bits per heavy atom. The van der Waals surface area contributed by atoms with Gasteiger partial charge in [0.15, 0.2) is 11.0 Å². The van der Waals surface area contributed by atoms with Crippen LogP contribution in [-0.2, 0) is 0 Å². The molecule has 0 unspecified atom stereocenters. The summed E-state index contributed by atoms with van der Waals surface area (Å²) < 4.78 is 4.91. The molecule has 0 aliphatic heterocycles. The number of amides is 1. The Balaban J connectivity index is 2.55. The minimum atomic E-state index is -0.591. The maximum absolute atomic E-state index is 11.4. The van der Waals surface area contributed by atoms with E-state index in [0.717, 1.165) is 0 Å². The summed E-state index contributed by atoms with van der Waals surface area (Å²) in [5, 5.41) is 11.5.